The third-order valence-corrected chi connectivity index (χ3v) is 3.26. The van der Waals surface area contributed by atoms with Crippen molar-refractivity contribution in [1.82, 2.24) is 9.88 Å². The van der Waals surface area contributed by atoms with Crippen LogP contribution in [0.1, 0.15) is 5.56 Å². The van der Waals surface area contributed by atoms with E-state index in [1.165, 1.54) is 0 Å². The van der Waals surface area contributed by atoms with E-state index < -0.39 is 0 Å². The molecule has 0 atom stereocenters. The van der Waals surface area contributed by atoms with Gasteiger partial charge in [-0.3, -0.25) is 4.90 Å². The van der Waals surface area contributed by atoms with Crippen LogP contribution >= 0.6 is 0 Å². The Labute approximate surface area is 111 Å². The summed E-state index contributed by atoms with van der Waals surface area (Å²) in [6.45, 7) is 4.54. The molecule has 0 saturated carbocycles. The van der Waals surface area contributed by atoms with Crippen LogP contribution in [0.3, 0.4) is 0 Å². The lowest BCUT2D eigenvalue weighted by Gasteiger charge is -2.35. The van der Waals surface area contributed by atoms with Crippen LogP contribution in [0.2, 0.25) is 0 Å². The summed E-state index contributed by atoms with van der Waals surface area (Å²) in [7, 11) is 0. The molecule has 1 aromatic heterocycles. The molecular formula is C12H19N5O2. The van der Waals surface area contributed by atoms with E-state index in [1.807, 2.05) is 6.07 Å². The lowest BCUT2D eigenvalue weighted by Crippen LogP contribution is -2.47. The van der Waals surface area contributed by atoms with Crippen LogP contribution in [0.15, 0.2) is 23.5 Å². The maximum Gasteiger partial charge on any atom is 0.171 e. The number of nitrogens with two attached hydrogens (primary N) is 1. The fourth-order valence-electron chi connectivity index (χ4n) is 2.12. The third kappa shape index (κ3) is 3.33. The number of amidine groups is 1. The van der Waals surface area contributed by atoms with E-state index in [0.717, 1.165) is 38.5 Å². The maximum atomic E-state index is 8.90. The van der Waals surface area contributed by atoms with Gasteiger partial charge in [0.05, 0.1) is 6.61 Å². The number of oxime groups is 1. The number of hydrogen-bond donors (Lipinski definition) is 3. The molecule has 0 bridgehead atoms. The van der Waals surface area contributed by atoms with Gasteiger partial charge in [0, 0.05) is 44.5 Å². The Morgan fingerprint density at radius 3 is 2.58 bits per heavy atom. The fourth-order valence-corrected chi connectivity index (χ4v) is 2.12. The highest BCUT2D eigenvalue weighted by Crippen LogP contribution is 2.13. The third-order valence-electron chi connectivity index (χ3n) is 3.26. The largest absolute Gasteiger partial charge is 0.409 e. The van der Waals surface area contributed by atoms with Crippen LogP contribution in [0.5, 0.6) is 0 Å². The zero-order chi connectivity index (χ0) is 13.7. The van der Waals surface area contributed by atoms with Crippen molar-refractivity contribution in [2.24, 2.45) is 10.9 Å². The Bertz CT molecular complexity index is 426. The van der Waals surface area contributed by atoms with E-state index in [4.69, 9.17) is 16.0 Å². The predicted octanol–water partition coefficient (Wildman–Crippen LogP) is -0.710. The molecule has 1 saturated heterocycles. The minimum atomic E-state index is 0.0619. The number of anilines is 1. The Morgan fingerprint density at radius 2 is 2.05 bits per heavy atom. The van der Waals surface area contributed by atoms with Gasteiger partial charge in [0.1, 0.15) is 5.82 Å². The first kappa shape index (κ1) is 13.6. The Hall–Kier alpha value is -1.86. The molecule has 7 heteroatoms. The molecule has 0 aliphatic carbocycles. The van der Waals surface area contributed by atoms with Gasteiger partial charge in [-0.05, 0) is 12.1 Å². The number of aliphatic hydroxyl groups excluding tert-OH is 1. The second kappa shape index (κ2) is 6.35. The van der Waals surface area contributed by atoms with Crippen LogP contribution in [0.4, 0.5) is 5.82 Å². The maximum absolute atomic E-state index is 8.90. The number of nitrogens with zero attached hydrogens (tertiary/aromatic N) is 4. The van der Waals surface area contributed by atoms with Crippen LogP contribution in [-0.4, -0.2) is 65.4 Å². The highest BCUT2D eigenvalue weighted by Gasteiger charge is 2.17. The molecule has 104 valence electrons. The SMILES string of the molecule is N/C(=N\O)c1ccc(N2CCN(CCO)CC2)nc1. The van der Waals surface area contributed by atoms with Crippen molar-refractivity contribution in [3.63, 3.8) is 0 Å². The first-order valence-electron chi connectivity index (χ1n) is 6.26. The van der Waals surface area contributed by atoms with E-state index in [-0.39, 0.29) is 12.4 Å². The van der Waals surface area contributed by atoms with Gasteiger partial charge >= 0.3 is 0 Å². The molecule has 2 rings (SSSR count). The normalized spacial score (nSPS) is 17.7. The van der Waals surface area contributed by atoms with Crippen LogP contribution < -0.4 is 10.6 Å². The smallest absolute Gasteiger partial charge is 0.171 e. The van der Waals surface area contributed by atoms with Crippen molar-refractivity contribution < 1.29 is 10.3 Å². The summed E-state index contributed by atoms with van der Waals surface area (Å²) in [5.74, 6) is 0.949. The fraction of sp³-hybridized carbons (Fsp3) is 0.500. The van der Waals surface area contributed by atoms with Crippen molar-refractivity contribution in [2.75, 3.05) is 44.2 Å². The molecule has 1 aliphatic rings. The number of hydrogen-bond acceptors (Lipinski definition) is 6. The second-order valence-electron chi connectivity index (χ2n) is 4.44. The number of pyridine rings is 1. The summed E-state index contributed by atoms with van der Waals surface area (Å²) >= 11 is 0. The van der Waals surface area contributed by atoms with Gasteiger partial charge in [-0.25, -0.2) is 4.98 Å². The molecule has 2 heterocycles. The number of rotatable bonds is 4. The van der Waals surface area contributed by atoms with Crippen LogP contribution in [0.25, 0.3) is 0 Å². The minimum absolute atomic E-state index is 0.0619. The molecule has 0 unspecified atom stereocenters. The molecule has 1 fully saturated rings. The summed E-state index contributed by atoms with van der Waals surface area (Å²) < 4.78 is 0. The average molecular weight is 265 g/mol. The number of β-amino-alcohol motifs (C(OH)–C–C–N with tert-alkyl or cyclic N) is 1. The summed E-state index contributed by atoms with van der Waals surface area (Å²) in [6.07, 6.45) is 1.60. The van der Waals surface area contributed by atoms with Gasteiger partial charge in [0.2, 0.25) is 0 Å². The molecule has 1 aliphatic heterocycles. The van der Waals surface area contributed by atoms with Crippen molar-refractivity contribution >= 4 is 11.7 Å². The lowest BCUT2D eigenvalue weighted by molar-refractivity contribution is 0.188. The van der Waals surface area contributed by atoms with E-state index in [2.05, 4.69) is 19.9 Å². The van der Waals surface area contributed by atoms with Crippen LogP contribution in [0, 0.1) is 0 Å². The molecule has 0 spiro atoms. The minimum Gasteiger partial charge on any atom is -0.409 e. The molecule has 1 aromatic rings. The van der Waals surface area contributed by atoms with Gasteiger partial charge in [-0.15, -0.1) is 0 Å². The molecule has 4 N–H and O–H groups in total. The summed E-state index contributed by atoms with van der Waals surface area (Å²) in [4.78, 5) is 8.74. The van der Waals surface area contributed by atoms with Gasteiger partial charge in [-0.2, -0.15) is 0 Å². The van der Waals surface area contributed by atoms with Gasteiger partial charge in [0.15, 0.2) is 5.84 Å². The van der Waals surface area contributed by atoms with Crippen molar-refractivity contribution in [1.29, 1.82) is 0 Å². The molecule has 0 aromatic carbocycles. The zero-order valence-corrected chi connectivity index (χ0v) is 10.7. The molecular weight excluding hydrogens is 246 g/mol. The molecule has 19 heavy (non-hydrogen) atoms. The standard InChI is InChI=1S/C12H19N5O2/c13-12(15-19)10-1-2-11(14-9-10)17-5-3-16(4-6-17)7-8-18/h1-2,9,18-19H,3-8H2,(H2,13,15). The van der Waals surface area contributed by atoms with Gasteiger partial charge < -0.3 is 20.9 Å². The summed E-state index contributed by atoms with van der Waals surface area (Å²) in [5, 5.41) is 20.4. The Morgan fingerprint density at radius 1 is 1.32 bits per heavy atom. The van der Waals surface area contributed by atoms with E-state index in [0.29, 0.717) is 5.56 Å². The second-order valence-corrected chi connectivity index (χ2v) is 4.44. The lowest BCUT2D eigenvalue weighted by atomic mass is 10.2. The molecule has 0 amide bonds. The van der Waals surface area contributed by atoms with Crippen molar-refractivity contribution in [3.05, 3.63) is 23.9 Å². The zero-order valence-electron chi connectivity index (χ0n) is 10.7. The quantitative estimate of drug-likeness (QED) is 0.288. The van der Waals surface area contributed by atoms with Crippen LogP contribution in [-0.2, 0) is 0 Å². The van der Waals surface area contributed by atoms with E-state index in [1.54, 1.807) is 12.3 Å². The molecule has 7 nitrogen and oxygen atoms in total. The number of aliphatic hydroxyl groups is 1. The van der Waals surface area contributed by atoms with E-state index in [9.17, 15) is 0 Å². The first-order valence-corrected chi connectivity index (χ1v) is 6.26. The van der Waals surface area contributed by atoms with Crippen molar-refractivity contribution in [2.45, 2.75) is 0 Å². The monoisotopic (exact) mass is 265 g/mol. The average Bonchev–Trinajstić information content (AvgIpc) is 2.48. The van der Waals surface area contributed by atoms with Gasteiger partial charge in [-0.1, -0.05) is 5.16 Å². The molecule has 0 radical (unpaired) electrons. The Balaban J connectivity index is 1.96. The van der Waals surface area contributed by atoms with E-state index >= 15 is 0 Å². The number of aromatic nitrogens is 1. The summed E-state index contributed by atoms with van der Waals surface area (Å²) in [5.41, 5.74) is 6.09. The highest BCUT2D eigenvalue weighted by atomic mass is 16.4. The Kier molecular flexibility index (Phi) is 4.53. The predicted molar refractivity (Wildman–Crippen MR) is 72.5 cm³/mol. The summed E-state index contributed by atoms with van der Waals surface area (Å²) in [6, 6.07) is 3.66. The topological polar surface area (TPSA) is 98.2 Å². The first-order chi connectivity index (χ1) is 9.24. The van der Waals surface area contributed by atoms with Gasteiger partial charge in [0.25, 0.3) is 0 Å². The number of piperazine rings is 1. The highest BCUT2D eigenvalue weighted by molar-refractivity contribution is 5.96. The van der Waals surface area contributed by atoms with Crippen molar-refractivity contribution in [3.8, 4) is 0 Å².